The van der Waals surface area contributed by atoms with Gasteiger partial charge in [-0.05, 0) is 54.6 Å². The molecular formula is C21H20N2O5S. The fraction of sp³-hybridized carbons (Fsp3) is 0.190. The van der Waals surface area contributed by atoms with E-state index in [-0.39, 0.29) is 5.91 Å². The number of nitrogens with zero attached hydrogens (tertiary/aromatic N) is 2. The highest BCUT2D eigenvalue weighted by atomic mass is 32.2. The van der Waals surface area contributed by atoms with Crippen LogP contribution in [0.15, 0.2) is 58.4 Å². The third kappa shape index (κ3) is 4.78. The zero-order valence-electron chi connectivity index (χ0n) is 16.2. The molecule has 2 aromatic rings. The van der Waals surface area contributed by atoms with Crippen LogP contribution in [0.2, 0.25) is 0 Å². The van der Waals surface area contributed by atoms with Gasteiger partial charge in [-0.3, -0.25) is 9.69 Å². The molecule has 0 bridgehead atoms. The van der Waals surface area contributed by atoms with E-state index in [1.807, 2.05) is 30.3 Å². The number of benzene rings is 2. The first-order chi connectivity index (χ1) is 13.9. The van der Waals surface area contributed by atoms with Gasteiger partial charge in [-0.25, -0.2) is 9.79 Å². The summed E-state index contributed by atoms with van der Waals surface area (Å²) in [6.45, 7) is 1.44. The molecule has 2 aromatic carbocycles. The minimum absolute atomic E-state index is 0.150. The summed E-state index contributed by atoms with van der Waals surface area (Å²) in [5.74, 6) is -0.518. The summed E-state index contributed by atoms with van der Waals surface area (Å²) in [6, 6.07) is 14.5. The zero-order chi connectivity index (χ0) is 21.0. The minimum atomic E-state index is -1.07. The molecule has 1 atom stereocenters. The molecule has 1 N–H and O–H groups in total. The van der Waals surface area contributed by atoms with Crippen molar-refractivity contribution in [3.63, 3.8) is 0 Å². The Kier molecular flexibility index (Phi) is 6.23. The summed E-state index contributed by atoms with van der Waals surface area (Å²) in [4.78, 5) is 30.1. The normalized spacial score (nSPS) is 17.6. The number of amides is 1. The lowest BCUT2D eigenvalue weighted by Gasteiger charge is -2.14. The highest BCUT2D eigenvalue weighted by molar-refractivity contribution is 8.18. The number of thioether (sulfide) groups is 1. The van der Waals surface area contributed by atoms with Crippen molar-refractivity contribution < 1.29 is 24.2 Å². The van der Waals surface area contributed by atoms with Crippen LogP contribution in [-0.4, -0.2) is 47.3 Å². The summed E-state index contributed by atoms with van der Waals surface area (Å²) >= 11 is 1.29. The predicted octanol–water partition coefficient (Wildman–Crippen LogP) is 3.78. The third-order valence-electron chi connectivity index (χ3n) is 4.12. The molecule has 8 heteroatoms. The van der Waals surface area contributed by atoms with E-state index in [1.165, 1.54) is 30.7 Å². The number of ether oxygens (including phenoxy) is 2. The summed E-state index contributed by atoms with van der Waals surface area (Å²) in [5, 5.41) is 9.60. The van der Waals surface area contributed by atoms with Crippen molar-refractivity contribution in [2.45, 2.75) is 13.0 Å². The van der Waals surface area contributed by atoms with E-state index in [9.17, 15) is 9.59 Å². The van der Waals surface area contributed by atoms with E-state index >= 15 is 0 Å². The summed E-state index contributed by atoms with van der Waals surface area (Å²) in [6.07, 6.45) is 0.731. The predicted molar refractivity (Wildman–Crippen MR) is 113 cm³/mol. The molecule has 1 aliphatic rings. The number of amidine groups is 1. The second-order valence-corrected chi connectivity index (χ2v) is 7.22. The lowest BCUT2D eigenvalue weighted by molar-refractivity contribution is -0.144. The van der Waals surface area contributed by atoms with Gasteiger partial charge in [0.1, 0.15) is 0 Å². The maximum atomic E-state index is 12.6. The maximum Gasteiger partial charge on any atom is 0.344 e. The van der Waals surface area contributed by atoms with Crippen LogP contribution in [-0.2, 0) is 9.59 Å². The van der Waals surface area contributed by atoms with E-state index in [1.54, 1.807) is 31.3 Å². The SMILES string of the molecule is COc1cc(/C=C2\SC(=Nc3ccccc3)N(C)C2=O)ccc1O[C@H](C)C(=O)O. The molecule has 0 spiro atoms. The molecule has 29 heavy (non-hydrogen) atoms. The van der Waals surface area contributed by atoms with Crippen molar-refractivity contribution in [2.24, 2.45) is 4.99 Å². The number of carboxylic acids is 1. The Labute approximate surface area is 172 Å². The van der Waals surface area contributed by atoms with E-state index < -0.39 is 12.1 Å². The van der Waals surface area contributed by atoms with Crippen LogP contribution in [0, 0.1) is 0 Å². The van der Waals surface area contributed by atoms with Crippen LogP contribution in [0.1, 0.15) is 12.5 Å². The van der Waals surface area contributed by atoms with Gasteiger partial charge in [0.05, 0.1) is 17.7 Å². The largest absolute Gasteiger partial charge is 0.493 e. The summed E-state index contributed by atoms with van der Waals surface area (Å²) < 4.78 is 10.7. The van der Waals surface area contributed by atoms with Gasteiger partial charge in [-0.2, -0.15) is 0 Å². The highest BCUT2D eigenvalue weighted by Gasteiger charge is 2.30. The van der Waals surface area contributed by atoms with Crippen molar-refractivity contribution in [3.05, 3.63) is 59.0 Å². The smallest absolute Gasteiger partial charge is 0.344 e. The third-order valence-corrected chi connectivity index (χ3v) is 5.18. The average molecular weight is 412 g/mol. The second-order valence-electron chi connectivity index (χ2n) is 6.21. The summed E-state index contributed by atoms with van der Waals surface area (Å²) in [7, 11) is 3.15. The fourth-order valence-electron chi connectivity index (χ4n) is 2.53. The molecule has 1 amide bonds. The molecular weight excluding hydrogens is 392 g/mol. The number of para-hydroxylation sites is 1. The van der Waals surface area contributed by atoms with Crippen molar-refractivity contribution >= 4 is 40.6 Å². The van der Waals surface area contributed by atoms with Crippen LogP contribution >= 0.6 is 11.8 Å². The van der Waals surface area contributed by atoms with Crippen LogP contribution in [0.4, 0.5) is 5.69 Å². The number of hydrogen-bond acceptors (Lipinski definition) is 6. The quantitative estimate of drug-likeness (QED) is 0.727. The van der Waals surface area contributed by atoms with Gasteiger partial charge in [0.25, 0.3) is 5.91 Å². The fourth-order valence-corrected chi connectivity index (χ4v) is 3.52. The monoisotopic (exact) mass is 412 g/mol. The average Bonchev–Trinajstić information content (AvgIpc) is 2.97. The van der Waals surface area contributed by atoms with E-state index in [0.29, 0.717) is 21.6 Å². The molecule has 0 unspecified atom stereocenters. The van der Waals surface area contributed by atoms with Crippen molar-refractivity contribution in [1.82, 2.24) is 4.90 Å². The van der Waals surface area contributed by atoms with Crippen LogP contribution in [0.25, 0.3) is 6.08 Å². The number of hydrogen-bond donors (Lipinski definition) is 1. The molecule has 1 saturated heterocycles. The number of aliphatic imine (C=N–C) groups is 1. The molecule has 150 valence electrons. The minimum Gasteiger partial charge on any atom is -0.493 e. The number of carboxylic acid groups (broad SMARTS) is 1. The number of methoxy groups -OCH3 is 1. The molecule has 3 rings (SSSR count). The van der Waals surface area contributed by atoms with Gasteiger partial charge in [-0.1, -0.05) is 24.3 Å². The Bertz CT molecular complexity index is 988. The van der Waals surface area contributed by atoms with Gasteiger partial charge in [-0.15, -0.1) is 0 Å². The van der Waals surface area contributed by atoms with Gasteiger partial charge in [0, 0.05) is 7.05 Å². The molecule has 1 fully saturated rings. The molecule has 0 aromatic heterocycles. The number of likely N-dealkylation sites (N-methyl/N-ethyl adjacent to an activating group) is 1. The van der Waals surface area contributed by atoms with Gasteiger partial charge >= 0.3 is 5.97 Å². The number of rotatable bonds is 6. The van der Waals surface area contributed by atoms with Crippen LogP contribution in [0.5, 0.6) is 11.5 Å². The number of carbonyl (C=O) groups excluding carboxylic acids is 1. The Morgan fingerprint density at radius 3 is 2.59 bits per heavy atom. The number of aliphatic carboxylic acids is 1. The first-order valence-corrected chi connectivity index (χ1v) is 9.59. The van der Waals surface area contributed by atoms with E-state index in [4.69, 9.17) is 14.6 Å². The Hall–Kier alpha value is -3.26. The molecule has 0 radical (unpaired) electrons. The lowest BCUT2D eigenvalue weighted by atomic mass is 10.2. The summed E-state index contributed by atoms with van der Waals surface area (Å²) in [5.41, 5.74) is 1.49. The molecule has 0 aliphatic carbocycles. The van der Waals surface area contributed by atoms with Crippen molar-refractivity contribution in [2.75, 3.05) is 14.2 Å². The van der Waals surface area contributed by atoms with E-state index in [0.717, 1.165) is 11.3 Å². The Morgan fingerprint density at radius 1 is 1.21 bits per heavy atom. The van der Waals surface area contributed by atoms with Crippen molar-refractivity contribution in [1.29, 1.82) is 0 Å². The topological polar surface area (TPSA) is 88.4 Å². The Morgan fingerprint density at radius 2 is 1.93 bits per heavy atom. The highest BCUT2D eigenvalue weighted by Crippen LogP contribution is 2.35. The molecule has 1 aliphatic heterocycles. The molecule has 0 saturated carbocycles. The maximum absolute atomic E-state index is 12.6. The second kappa shape index (κ2) is 8.83. The van der Waals surface area contributed by atoms with E-state index in [2.05, 4.69) is 4.99 Å². The molecule has 1 heterocycles. The van der Waals surface area contributed by atoms with Crippen LogP contribution < -0.4 is 9.47 Å². The van der Waals surface area contributed by atoms with Crippen LogP contribution in [0.3, 0.4) is 0 Å². The number of carbonyl (C=O) groups is 2. The van der Waals surface area contributed by atoms with Gasteiger partial charge in [0.15, 0.2) is 22.8 Å². The first-order valence-electron chi connectivity index (χ1n) is 8.78. The van der Waals surface area contributed by atoms with Crippen molar-refractivity contribution in [3.8, 4) is 11.5 Å². The first kappa shape index (κ1) is 20.5. The Balaban J connectivity index is 1.85. The molecule has 7 nitrogen and oxygen atoms in total. The van der Waals surface area contributed by atoms with Gasteiger partial charge in [0.2, 0.25) is 0 Å². The lowest BCUT2D eigenvalue weighted by Crippen LogP contribution is -2.23. The zero-order valence-corrected chi connectivity index (χ0v) is 17.0. The van der Waals surface area contributed by atoms with Gasteiger partial charge < -0.3 is 14.6 Å². The standard InChI is InChI=1S/C21H20N2O5S/c1-13(20(25)26)28-16-10-9-14(11-17(16)27-3)12-18-19(24)23(2)21(29-18)22-15-7-5-4-6-8-15/h4-13H,1-3H3,(H,25,26)/b18-12-,22-21?/t13-/m1/s1.